The second-order valence-electron chi connectivity index (χ2n) is 7.83. The largest absolute Gasteiger partial charge is 0.392 e. The maximum Gasteiger partial charge on any atom is 0.226 e. The van der Waals surface area contributed by atoms with Crippen molar-refractivity contribution in [3.63, 3.8) is 0 Å². The summed E-state index contributed by atoms with van der Waals surface area (Å²) in [5.74, 6) is 0.167. The summed E-state index contributed by atoms with van der Waals surface area (Å²) in [5.41, 5.74) is 3.25. The third-order valence-corrected chi connectivity index (χ3v) is 6.49. The Bertz CT molecular complexity index is 779. The Balaban J connectivity index is 1.35. The van der Waals surface area contributed by atoms with E-state index in [1.54, 1.807) is 7.11 Å². The van der Waals surface area contributed by atoms with Gasteiger partial charge in [-0.25, -0.2) is 0 Å². The molecule has 0 bridgehead atoms. The number of benzene rings is 2. The predicted molar refractivity (Wildman–Crippen MR) is 105 cm³/mol. The van der Waals surface area contributed by atoms with Gasteiger partial charge < -0.3 is 14.7 Å². The Kier molecular flexibility index (Phi) is 5.02. The Morgan fingerprint density at radius 1 is 1.07 bits per heavy atom. The highest BCUT2D eigenvalue weighted by Gasteiger charge is 2.56. The first-order chi connectivity index (χ1) is 13.1. The van der Waals surface area contributed by atoms with Gasteiger partial charge in [-0.05, 0) is 29.5 Å². The first-order valence-corrected chi connectivity index (χ1v) is 9.75. The quantitative estimate of drug-likeness (QED) is 0.905. The van der Waals surface area contributed by atoms with Crippen molar-refractivity contribution in [1.29, 1.82) is 0 Å². The molecule has 4 nitrogen and oxygen atoms in total. The van der Waals surface area contributed by atoms with Gasteiger partial charge in [-0.3, -0.25) is 4.79 Å². The molecule has 2 aliphatic rings. The van der Waals surface area contributed by atoms with Gasteiger partial charge in [0.25, 0.3) is 0 Å². The fourth-order valence-corrected chi connectivity index (χ4v) is 4.62. The fraction of sp³-hybridized carbons (Fsp3) is 0.435. The lowest BCUT2D eigenvalue weighted by molar-refractivity contribution is -0.202. The van der Waals surface area contributed by atoms with Crippen LogP contribution in [0, 0.1) is 5.41 Å². The molecule has 1 N–H and O–H groups in total. The van der Waals surface area contributed by atoms with E-state index >= 15 is 0 Å². The number of carbonyl (C=O) groups is 1. The number of piperidine rings is 1. The molecule has 2 aromatic carbocycles. The van der Waals surface area contributed by atoms with Gasteiger partial charge in [0, 0.05) is 32.0 Å². The molecule has 1 saturated heterocycles. The summed E-state index contributed by atoms with van der Waals surface area (Å²) in [6.45, 7) is 1.41. The van der Waals surface area contributed by atoms with E-state index in [4.69, 9.17) is 4.74 Å². The zero-order valence-corrected chi connectivity index (χ0v) is 15.8. The van der Waals surface area contributed by atoms with E-state index in [1.165, 1.54) is 5.56 Å². The molecule has 1 saturated carbocycles. The molecular weight excluding hydrogens is 338 g/mol. The molecule has 0 radical (unpaired) electrons. The molecule has 0 aromatic heterocycles. The predicted octanol–water partition coefficient (Wildman–Crippen LogP) is 3.28. The monoisotopic (exact) mass is 365 g/mol. The molecule has 2 aromatic rings. The van der Waals surface area contributed by atoms with Gasteiger partial charge in [0.05, 0.1) is 18.6 Å². The highest BCUT2D eigenvalue weighted by Crippen LogP contribution is 2.50. The third kappa shape index (κ3) is 3.40. The van der Waals surface area contributed by atoms with Crippen LogP contribution in [-0.4, -0.2) is 48.3 Å². The second kappa shape index (κ2) is 7.45. The summed E-state index contributed by atoms with van der Waals surface area (Å²) >= 11 is 0. The van der Waals surface area contributed by atoms with Crippen molar-refractivity contribution >= 4 is 5.91 Å². The molecular formula is C23H27NO3. The zero-order valence-electron chi connectivity index (χ0n) is 15.8. The van der Waals surface area contributed by atoms with Gasteiger partial charge in [0.1, 0.15) is 0 Å². The van der Waals surface area contributed by atoms with Crippen LogP contribution in [0.15, 0.2) is 54.6 Å². The summed E-state index contributed by atoms with van der Waals surface area (Å²) in [7, 11) is 1.72. The lowest BCUT2D eigenvalue weighted by Crippen LogP contribution is -2.62. The van der Waals surface area contributed by atoms with E-state index in [0.717, 1.165) is 30.4 Å². The number of hydrogen-bond acceptors (Lipinski definition) is 3. The number of aliphatic hydroxyl groups is 1. The van der Waals surface area contributed by atoms with Gasteiger partial charge in [0.2, 0.25) is 5.91 Å². The van der Waals surface area contributed by atoms with Gasteiger partial charge in [-0.1, -0.05) is 54.6 Å². The molecule has 27 heavy (non-hydrogen) atoms. The van der Waals surface area contributed by atoms with Gasteiger partial charge >= 0.3 is 0 Å². The molecule has 2 fully saturated rings. The van der Waals surface area contributed by atoms with Crippen LogP contribution in [0.3, 0.4) is 0 Å². The van der Waals surface area contributed by atoms with Crippen molar-refractivity contribution in [2.24, 2.45) is 5.41 Å². The number of methoxy groups -OCH3 is 1. The van der Waals surface area contributed by atoms with E-state index in [0.29, 0.717) is 19.5 Å². The van der Waals surface area contributed by atoms with Crippen molar-refractivity contribution in [1.82, 2.24) is 4.90 Å². The number of amides is 1. The maximum absolute atomic E-state index is 12.7. The minimum absolute atomic E-state index is 0.135. The van der Waals surface area contributed by atoms with Gasteiger partial charge in [0.15, 0.2) is 0 Å². The van der Waals surface area contributed by atoms with Crippen LogP contribution in [0.1, 0.15) is 24.8 Å². The average Bonchev–Trinajstić information content (AvgIpc) is 2.73. The van der Waals surface area contributed by atoms with Crippen molar-refractivity contribution < 1.29 is 14.6 Å². The molecule has 1 aliphatic carbocycles. The third-order valence-electron chi connectivity index (χ3n) is 6.49. The van der Waals surface area contributed by atoms with E-state index < -0.39 is 0 Å². The second-order valence-corrected chi connectivity index (χ2v) is 7.83. The smallest absolute Gasteiger partial charge is 0.226 e. The Labute approximate surface area is 160 Å². The zero-order chi connectivity index (χ0) is 18.9. The summed E-state index contributed by atoms with van der Waals surface area (Å²) in [5, 5.41) is 10.2. The number of hydrogen-bond donors (Lipinski definition) is 1. The van der Waals surface area contributed by atoms with Crippen LogP contribution in [0.5, 0.6) is 0 Å². The summed E-state index contributed by atoms with van der Waals surface area (Å²) in [6.07, 6.45) is 2.65. The van der Waals surface area contributed by atoms with Crippen molar-refractivity contribution in [2.45, 2.75) is 37.9 Å². The van der Waals surface area contributed by atoms with E-state index in [1.807, 2.05) is 35.2 Å². The molecule has 2 atom stereocenters. The SMILES string of the molecule is COC1CC(O)C12CCN(C(=O)Cc1ccc(-c3ccccc3)cc1)CC2. The van der Waals surface area contributed by atoms with E-state index in [9.17, 15) is 9.90 Å². The number of aliphatic hydroxyl groups excluding tert-OH is 1. The molecule has 1 heterocycles. The number of rotatable bonds is 4. The van der Waals surface area contributed by atoms with Crippen LogP contribution >= 0.6 is 0 Å². The lowest BCUT2D eigenvalue weighted by Gasteiger charge is -2.56. The number of likely N-dealkylation sites (tertiary alicyclic amines) is 1. The van der Waals surface area contributed by atoms with Crippen LogP contribution in [0.25, 0.3) is 11.1 Å². The highest BCUT2D eigenvalue weighted by molar-refractivity contribution is 5.79. The summed E-state index contributed by atoms with van der Waals surface area (Å²) in [4.78, 5) is 14.6. The highest BCUT2D eigenvalue weighted by atomic mass is 16.5. The normalized spacial score (nSPS) is 23.9. The van der Waals surface area contributed by atoms with Crippen LogP contribution in [0.4, 0.5) is 0 Å². The summed E-state index contributed by atoms with van der Waals surface area (Å²) in [6, 6.07) is 18.5. The molecule has 2 unspecified atom stereocenters. The molecule has 4 rings (SSSR count). The molecule has 4 heteroatoms. The Morgan fingerprint density at radius 2 is 1.70 bits per heavy atom. The first-order valence-electron chi connectivity index (χ1n) is 9.75. The van der Waals surface area contributed by atoms with Crippen LogP contribution < -0.4 is 0 Å². The van der Waals surface area contributed by atoms with Gasteiger partial charge in [-0.2, -0.15) is 0 Å². The van der Waals surface area contributed by atoms with Crippen molar-refractivity contribution in [2.75, 3.05) is 20.2 Å². The maximum atomic E-state index is 12.7. The van der Waals surface area contributed by atoms with Crippen LogP contribution in [0.2, 0.25) is 0 Å². The topological polar surface area (TPSA) is 49.8 Å². The molecule has 1 aliphatic heterocycles. The number of ether oxygens (including phenoxy) is 1. The van der Waals surface area contributed by atoms with Crippen molar-refractivity contribution in [3.8, 4) is 11.1 Å². The van der Waals surface area contributed by atoms with Gasteiger partial charge in [-0.15, -0.1) is 0 Å². The number of carbonyl (C=O) groups excluding carboxylic acids is 1. The molecule has 1 amide bonds. The minimum Gasteiger partial charge on any atom is -0.392 e. The standard InChI is InChI=1S/C23H27NO3/c1-27-21-16-20(25)23(21)11-13-24(14-12-23)22(26)15-17-7-9-19(10-8-17)18-5-3-2-4-6-18/h2-10,20-21,25H,11-16H2,1H3. The average molecular weight is 365 g/mol. The Morgan fingerprint density at radius 3 is 2.30 bits per heavy atom. The van der Waals surface area contributed by atoms with Crippen LogP contribution in [-0.2, 0) is 16.0 Å². The van der Waals surface area contributed by atoms with Crippen molar-refractivity contribution in [3.05, 3.63) is 60.2 Å². The van der Waals surface area contributed by atoms with E-state index in [2.05, 4.69) is 24.3 Å². The summed E-state index contributed by atoms with van der Waals surface area (Å²) < 4.78 is 5.53. The van der Waals surface area contributed by atoms with E-state index in [-0.39, 0.29) is 23.5 Å². The minimum atomic E-state index is -0.287. The Hall–Kier alpha value is -2.17. The number of nitrogens with zero attached hydrogens (tertiary/aromatic N) is 1. The lowest BCUT2D eigenvalue weighted by atomic mass is 9.58. The molecule has 1 spiro atoms. The molecule has 142 valence electrons. The first kappa shape index (κ1) is 18.2. The fourth-order valence-electron chi connectivity index (χ4n) is 4.62.